The standard InChI is InChI=1S/C21H14F2N2O4/c1-10-20(11(2)29-24-10)12-3-5-14-17(7-12)25(18(21(27)28)9-19(14)26)16-6-4-13(22)8-15(16)23/h3-9H,1-2H3,(H,27,28). The van der Waals surface area contributed by atoms with Crippen LogP contribution in [0.4, 0.5) is 8.78 Å². The molecule has 0 fully saturated rings. The molecule has 0 aliphatic rings. The Kier molecular flexibility index (Phi) is 4.26. The van der Waals surface area contributed by atoms with Crippen molar-refractivity contribution in [3.05, 3.63) is 81.5 Å². The molecule has 2 aromatic carbocycles. The minimum Gasteiger partial charge on any atom is -0.477 e. The summed E-state index contributed by atoms with van der Waals surface area (Å²) >= 11 is 0. The van der Waals surface area contributed by atoms with Crippen LogP contribution < -0.4 is 5.43 Å². The highest BCUT2D eigenvalue weighted by Gasteiger charge is 2.20. The minimum atomic E-state index is -1.42. The lowest BCUT2D eigenvalue weighted by Gasteiger charge is -2.16. The molecule has 0 aliphatic carbocycles. The van der Waals surface area contributed by atoms with Crippen molar-refractivity contribution in [3.63, 3.8) is 0 Å². The molecular weight excluding hydrogens is 382 g/mol. The first-order valence-electron chi connectivity index (χ1n) is 8.59. The normalized spacial score (nSPS) is 11.2. The summed E-state index contributed by atoms with van der Waals surface area (Å²) in [6.45, 7) is 3.47. The smallest absolute Gasteiger partial charge is 0.353 e. The molecule has 4 rings (SSSR count). The van der Waals surface area contributed by atoms with Crippen LogP contribution in [-0.4, -0.2) is 20.8 Å². The van der Waals surface area contributed by atoms with Crippen molar-refractivity contribution in [2.75, 3.05) is 0 Å². The maximum atomic E-state index is 14.6. The molecule has 4 aromatic rings. The zero-order chi connectivity index (χ0) is 20.9. The van der Waals surface area contributed by atoms with Crippen molar-refractivity contribution in [1.29, 1.82) is 0 Å². The number of pyridine rings is 1. The van der Waals surface area contributed by atoms with Gasteiger partial charge in [-0.15, -0.1) is 0 Å². The first kappa shape index (κ1) is 18.5. The van der Waals surface area contributed by atoms with Crippen molar-refractivity contribution in [2.24, 2.45) is 0 Å². The Morgan fingerprint density at radius 3 is 2.48 bits per heavy atom. The van der Waals surface area contributed by atoms with Gasteiger partial charge >= 0.3 is 5.97 Å². The fourth-order valence-corrected chi connectivity index (χ4v) is 3.45. The monoisotopic (exact) mass is 396 g/mol. The number of fused-ring (bicyclic) bond motifs is 1. The van der Waals surface area contributed by atoms with Gasteiger partial charge in [-0.25, -0.2) is 13.6 Å². The Morgan fingerprint density at radius 2 is 1.86 bits per heavy atom. The molecule has 0 spiro atoms. The van der Waals surface area contributed by atoms with Crippen LogP contribution in [0.3, 0.4) is 0 Å². The highest BCUT2D eigenvalue weighted by Crippen LogP contribution is 2.31. The number of rotatable bonds is 3. The Balaban J connectivity index is 2.15. The van der Waals surface area contributed by atoms with E-state index < -0.39 is 28.7 Å². The predicted molar refractivity (Wildman–Crippen MR) is 101 cm³/mol. The van der Waals surface area contributed by atoms with E-state index in [9.17, 15) is 23.5 Å². The molecule has 0 saturated heterocycles. The van der Waals surface area contributed by atoms with E-state index >= 15 is 0 Å². The molecule has 0 bridgehead atoms. The summed E-state index contributed by atoms with van der Waals surface area (Å²) in [5, 5.41) is 13.7. The quantitative estimate of drug-likeness (QED) is 0.560. The van der Waals surface area contributed by atoms with E-state index in [2.05, 4.69) is 5.16 Å². The van der Waals surface area contributed by atoms with E-state index in [0.717, 1.165) is 22.8 Å². The van der Waals surface area contributed by atoms with Gasteiger partial charge in [0.25, 0.3) is 0 Å². The first-order valence-corrected chi connectivity index (χ1v) is 8.59. The Hall–Kier alpha value is -3.81. The molecular formula is C21H14F2N2O4. The number of nitrogens with zero attached hydrogens (tertiary/aromatic N) is 2. The number of aryl methyl sites for hydroxylation is 2. The van der Waals surface area contributed by atoms with Crippen LogP contribution >= 0.6 is 0 Å². The fourth-order valence-electron chi connectivity index (χ4n) is 3.45. The van der Waals surface area contributed by atoms with E-state index in [1.807, 2.05) is 0 Å². The lowest BCUT2D eigenvalue weighted by Crippen LogP contribution is -2.18. The Morgan fingerprint density at radius 1 is 1.10 bits per heavy atom. The topological polar surface area (TPSA) is 85.3 Å². The van der Waals surface area contributed by atoms with Crippen molar-refractivity contribution in [3.8, 4) is 16.8 Å². The van der Waals surface area contributed by atoms with E-state index in [1.54, 1.807) is 26.0 Å². The van der Waals surface area contributed by atoms with Crippen LogP contribution in [0, 0.1) is 25.5 Å². The number of carbonyl (C=O) groups is 1. The zero-order valence-corrected chi connectivity index (χ0v) is 15.4. The summed E-state index contributed by atoms with van der Waals surface area (Å²) in [7, 11) is 0. The van der Waals surface area contributed by atoms with Gasteiger partial charge in [0.15, 0.2) is 5.43 Å². The van der Waals surface area contributed by atoms with Crippen LogP contribution in [0.1, 0.15) is 21.9 Å². The number of hydrogen-bond donors (Lipinski definition) is 1. The molecule has 2 aromatic heterocycles. The van der Waals surface area contributed by atoms with E-state index in [0.29, 0.717) is 28.6 Å². The summed E-state index contributed by atoms with van der Waals surface area (Å²) in [4.78, 5) is 24.3. The molecule has 1 N–H and O–H groups in total. The van der Waals surface area contributed by atoms with Gasteiger partial charge in [-0.05, 0) is 43.7 Å². The van der Waals surface area contributed by atoms with Gasteiger partial charge in [-0.3, -0.25) is 4.79 Å². The number of hydrogen-bond acceptors (Lipinski definition) is 4. The molecule has 8 heteroatoms. The number of halogens is 2. The van der Waals surface area contributed by atoms with Gasteiger partial charge in [0.05, 0.1) is 16.9 Å². The summed E-state index contributed by atoms with van der Waals surface area (Å²) in [5.41, 5.74) is 0.921. The predicted octanol–water partition coefficient (Wildman–Crippen LogP) is 4.24. The van der Waals surface area contributed by atoms with Crippen molar-refractivity contribution < 1.29 is 23.2 Å². The van der Waals surface area contributed by atoms with E-state index in [1.165, 1.54) is 6.07 Å². The van der Waals surface area contributed by atoms with Gasteiger partial charge in [-0.2, -0.15) is 0 Å². The maximum absolute atomic E-state index is 14.6. The van der Waals surface area contributed by atoms with Gasteiger partial charge in [0.1, 0.15) is 23.1 Å². The molecule has 0 aliphatic heterocycles. The van der Waals surface area contributed by atoms with E-state index in [-0.39, 0.29) is 16.6 Å². The molecule has 0 radical (unpaired) electrons. The summed E-state index contributed by atoms with van der Waals surface area (Å²) in [6.07, 6.45) is 0. The zero-order valence-electron chi connectivity index (χ0n) is 15.4. The Labute approximate surface area is 162 Å². The van der Waals surface area contributed by atoms with Crippen LogP contribution in [0.2, 0.25) is 0 Å². The fraction of sp³-hybridized carbons (Fsp3) is 0.0952. The minimum absolute atomic E-state index is 0.165. The largest absolute Gasteiger partial charge is 0.477 e. The third-order valence-electron chi connectivity index (χ3n) is 4.70. The van der Waals surface area contributed by atoms with Crippen LogP contribution in [0.15, 0.2) is 51.8 Å². The lowest BCUT2D eigenvalue weighted by molar-refractivity contribution is 0.0687. The van der Waals surface area contributed by atoms with Gasteiger partial charge in [-0.1, -0.05) is 11.2 Å². The molecule has 0 unspecified atom stereocenters. The highest BCUT2D eigenvalue weighted by molar-refractivity contribution is 5.93. The number of carboxylic acid groups (broad SMARTS) is 1. The Bertz CT molecular complexity index is 1340. The maximum Gasteiger partial charge on any atom is 0.353 e. The highest BCUT2D eigenvalue weighted by atomic mass is 19.1. The third-order valence-corrected chi connectivity index (χ3v) is 4.70. The van der Waals surface area contributed by atoms with Crippen LogP contribution in [0.5, 0.6) is 0 Å². The van der Waals surface area contributed by atoms with Crippen molar-refractivity contribution in [1.82, 2.24) is 9.72 Å². The van der Waals surface area contributed by atoms with Crippen molar-refractivity contribution >= 4 is 16.9 Å². The second-order valence-electron chi connectivity index (χ2n) is 6.56. The van der Waals surface area contributed by atoms with Crippen molar-refractivity contribution in [2.45, 2.75) is 13.8 Å². The van der Waals surface area contributed by atoms with Gasteiger partial charge in [0.2, 0.25) is 0 Å². The summed E-state index contributed by atoms with van der Waals surface area (Å²) in [5.74, 6) is -2.64. The van der Waals surface area contributed by atoms with E-state index in [4.69, 9.17) is 4.52 Å². The number of benzene rings is 2. The number of aromatic carboxylic acids is 1. The van der Waals surface area contributed by atoms with Gasteiger partial charge < -0.3 is 14.2 Å². The molecule has 29 heavy (non-hydrogen) atoms. The van der Waals surface area contributed by atoms with Crippen LogP contribution in [-0.2, 0) is 0 Å². The van der Waals surface area contributed by atoms with Crippen LogP contribution in [0.25, 0.3) is 27.7 Å². The average Bonchev–Trinajstić information content (AvgIpc) is 3.00. The second-order valence-corrected chi connectivity index (χ2v) is 6.56. The molecule has 6 nitrogen and oxygen atoms in total. The molecule has 146 valence electrons. The third kappa shape index (κ3) is 2.98. The SMILES string of the molecule is Cc1noc(C)c1-c1ccc2c(=O)cc(C(=O)O)n(-c3ccc(F)cc3F)c2c1. The average molecular weight is 396 g/mol. The lowest BCUT2D eigenvalue weighted by atomic mass is 10.0. The molecule has 2 heterocycles. The number of carboxylic acids is 1. The van der Waals surface area contributed by atoms with Gasteiger partial charge in [0, 0.05) is 23.1 Å². The molecule has 0 atom stereocenters. The second kappa shape index (κ2) is 6.66. The summed E-state index contributed by atoms with van der Waals surface area (Å²) in [6, 6.07) is 8.50. The summed E-state index contributed by atoms with van der Waals surface area (Å²) < 4.78 is 34.2. The first-order chi connectivity index (χ1) is 13.8. The molecule has 0 saturated carbocycles. The number of aromatic nitrogens is 2. The molecule has 0 amide bonds.